The summed E-state index contributed by atoms with van der Waals surface area (Å²) in [7, 11) is 0. The monoisotopic (exact) mass is 206 g/mol. The van der Waals surface area contributed by atoms with E-state index in [-0.39, 0.29) is 0 Å². The lowest BCUT2D eigenvalue weighted by Gasteiger charge is -2.11. The summed E-state index contributed by atoms with van der Waals surface area (Å²) < 4.78 is 5.30. The van der Waals surface area contributed by atoms with Crippen molar-refractivity contribution in [3.63, 3.8) is 0 Å². The lowest BCUT2D eigenvalue weighted by molar-refractivity contribution is -0.112. The van der Waals surface area contributed by atoms with Gasteiger partial charge in [-0.15, -0.1) is 6.58 Å². The first-order valence-corrected chi connectivity index (χ1v) is 5.27. The van der Waals surface area contributed by atoms with Crippen molar-refractivity contribution >= 4 is 0 Å². The Balaban J connectivity index is 2.16. The van der Waals surface area contributed by atoms with E-state index in [1.807, 2.05) is 36.4 Å². The summed E-state index contributed by atoms with van der Waals surface area (Å²) in [6.45, 7) is 4.10. The maximum Gasteiger partial charge on any atom is 0.154 e. The molecule has 0 spiro atoms. The second kappa shape index (κ2) is 7.21. The second-order valence-electron chi connectivity index (χ2n) is 3.47. The van der Waals surface area contributed by atoms with E-state index in [2.05, 4.69) is 6.58 Å². The first-order valence-electron chi connectivity index (χ1n) is 5.27. The predicted molar refractivity (Wildman–Crippen MR) is 61.3 cm³/mol. The van der Waals surface area contributed by atoms with Gasteiger partial charge in [0.05, 0.1) is 6.61 Å². The number of rotatable bonds is 7. The first-order chi connectivity index (χ1) is 7.33. The number of benzene rings is 1. The highest BCUT2D eigenvalue weighted by Crippen LogP contribution is 2.07. The minimum atomic E-state index is -0.662. The van der Waals surface area contributed by atoms with E-state index in [9.17, 15) is 5.11 Å². The SMILES string of the molecule is C=CCCC[C@H](O)OCc1ccccc1. The van der Waals surface area contributed by atoms with E-state index in [4.69, 9.17) is 4.74 Å². The van der Waals surface area contributed by atoms with Crippen molar-refractivity contribution in [3.8, 4) is 0 Å². The van der Waals surface area contributed by atoms with Crippen LogP contribution in [0.5, 0.6) is 0 Å². The van der Waals surface area contributed by atoms with Crippen molar-refractivity contribution < 1.29 is 9.84 Å². The van der Waals surface area contributed by atoms with Gasteiger partial charge in [0.1, 0.15) is 0 Å². The lowest BCUT2D eigenvalue weighted by Crippen LogP contribution is -2.11. The zero-order valence-corrected chi connectivity index (χ0v) is 8.93. The number of ether oxygens (including phenoxy) is 1. The normalized spacial score (nSPS) is 12.3. The van der Waals surface area contributed by atoms with Crippen molar-refractivity contribution in [3.05, 3.63) is 48.6 Å². The number of allylic oxidation sites excluding steroid dienone is 1. The van der Waals surface area contributed by atoms with Crippen molar-refractivity contribution in [2.45, 2.75) is 32.2 Å². The Labute approximate surface area is 91.2 Å². The molecule has 0 heterocycles. The summed E-state index contributed by atoms with van der Waals surface area (Å²) in [4.78, 5) is 0. The van der Waals surface area contributed by atoms with Gasteiger partial charge in [-0.25, -0.2) is 0 Å². The second-order valence-corrected chi connectivity index (χ2v) is 3.47. The van der Waals surface area contributed by atoms with E-state index in [1.165, 1.54) is 0 Å². The Hall–Kier alpha value is -1.12. The molecule has 1 atom stereocenters. The van der Waals surface area contributed by atoms with Crippen molar-refractivity contribution in [2.24, 2.45) is 0 Å². The Morgan fingerprint density at radius 3 is 2.73 bits per heavy atom. The molecule has 1 rings (SSSR count). The van der Waals surface area contributed by atoms with Crippen LogP contribution < -0.4 is 0 Å². The summed E-state index contributed by atoms with van der Waals surface area (Å²) in [6.07, 6.45) is 3.69. The number of hydrogen-bond donors (Lipinski definition) is 1. The van der Waals surface area contributed by atoms with Crippen LogP contribution in [0.25, 0.3) is 0 Å². The van der Waals surface area contributed by atoms with Crippen LogP contribution in [-0.4, -0.2) is 11.4 Å². The van der Waals surface area contributed by atoms with E-state index >= 15 is 0 Å². The number of aliphatic hydroxyl groups excluding tert-OH is 1. The molecule has 0 amide bonds. The standard InChI is InChI=1S/C13H18O2/c1-2-3-5-10-13(14)15-11-12-8-6-4-7-9-12/h2,4,6-9,13-14H,1,3,5,10-11H2/t13-/m1/s1. The van der Waals surface area contributed by atoms with E-state index in [1.54, 1.807) is 0 Å². The van der Waals surface area contributed by atoms with Gasteiger partial charge in [0, 0.05) is 0 Å². The Bertz CT molecular complexity index is 269. The number of hydrogen-bond acceptors (Lipinski definition) is 2. The van der Waals surface area contributed by atoms with Crippen LogP contribution in [0.3, 0.4) is 0 Å². The van der Waals surface area contributed by atoms with Gasteiger partial charge in [-0.3, -0.25) is 0 Å². The van der Waals surface area contributed by atoms with E-state index in [0.717, 1.165) is 18.4 Å². The van der Waals surface area contributed by atoms with Gasteiger partial charge in [-0.05, 0) is 24.8 Å². The van der Waals surface area contributed by atoms with Crippen molar-refractivity contribution in [1.29, 1.82) is 0 Å². The van der Waals surface area contributed by atoms with Crippen LogP contribution in [0, 0.1) is 0 Å². The molecule has 0 fully saturated rings. The number of unbranched alkanes of at least 4 members (excludes halogenated alkanes) is 1. The van der Waals surface area contributed by atoms with Gasteiger partial charge in [0.2, 0.25) is 0 Å². The van der Waals surface area contributed by atoms with Gasteiger partial charge in [-0.2, -0.15) is 0 Å². The average Bonchev–Trinajstić information content (AvgIpc) is 2.28. The molecule has 0 saturated heterocycles. The summed E-state index contributed by atoms with van der Waals surface area (Å²) >= 11 is 0. The summed E-state index contributed by atoms with van der Waals surface area (Å²) in [5, 5.41) is 9.48. The molecule has 0 unspecified atom stereocenters. The van der Waals surface area contributed by atoms with Crippen LogP contribution in [0.15, 0.2) is 43.0 Å². The zero-order chi connectivity index (χ0) is 10.9. The molecule has 0 aliphatic rings. The largest absolute Gasteiger partial charge is 0.368 e. The van der Waals surface area contributed by atoms with E-state index in [0.29, 0.717) is 13.0 Å². The minimum Gasteiger partial charge on any atom is -0.368 e. The first kappa shape index (κ1) is 12.0. The van der Waals surface area contributed by atoms with Gasteiger partial charge in [0.15, 0.2) is 6.29 Å². The third-order valence-corrected chi connectivity index (χ3v) is 2.14. The molecule has 1 N–H and O–H groups in total. The molecule has 2 nitrogen and oxygen atoms in total. The van der Waals surface area contributed by atoms with Gasteiger partial charge in [0.25, 0.3) is 0 Å². The molecule has 1 aromatic carbocycles. The van der Waals surface area contributed by atoms with Crippen LogP contribution in [-0.2, 0) is 11.3 Å². The Morgan fingerprint density at radius 2 is 2.07 bits per heavy atom. The van der Waals surface area contributed by atoms with Crippen LogP contribution in [0.2, 0.25) is 0 Å². The van der Waals surface area contributed by atoms with E-state index < -0.39 is 6.29 Å². The third-order valence-electron chi connectivity index (χ3n) is 2.14. The van der Waals surface area contributed by atoms with Crippen LogP contribution in [0.1, 0.15) is 24.8 Å². The fourth-order valence-corrected chi connectivity index (χ4v) is 1.29. The molecule has 0 aliphatic heterocycles. The fourth-order valence-electron chi connectivity index (χ4n) is 1.29. The minimum absolute atomic E-state index is 0.468. The van der Waals surface area contributed by atoms with Crippen LogP contribution >= 0.6 is 0 Å². The van der Waals surface area contributed by atoms with Crippen molar-refractivity contribution in [2.75, 3.05) is 0 Å². The number of aliphatic hydroxyl groups is 1. The molecule has 1 aromatic rings. The lowest BCUT2D eigenvalue weighted by atomic mass is 10.2. The Morgan fingerprint density at radius 1 is 1.33 bits per heavy atom. The highest BCUT2D eigenvalue weighted by Gasteiger charge is 2.03. The Kier molecular flexibility index (Phi) is 5.74. The highest BCUT2D eigenvalue weighted by atomic mass is 16.6. The molecule has 0 saturated carbocycles. The fraction of sp³-hybridized carbons (Fsp3) is 0.385. The molecule has 0 aliphatic carbocycles. The quantitative estimate of drug-likeness (QED) is 0.422. The maximum absolute atomic E-state index is 9.48. The molecule has 0 bridgehead atoms. The molecule has 2 heteroatoms. The molecular formula is C13H18O2. The van der Waals surface area contributed by atoms with Gasteiger partial charge < -0.3 is 9.84 Å². The van der Waals surface area contributed by atoms with Gasteiger partial charge >= 0.3 is 0 Å². The molecule has 15 heavy (non-hydrogen) atoms. The molecule has 82 valence electrons. The summed E-state index contributed by atoms with van der Waals surface area (Å²) in [5.41, 5.74) is 1.08. The maximum atomic E-state index is 9.48. The van der Waals surface area contributed by atoms with Gasteiger partial charge in [-0.1, -0.05) is 36.4 Å². The summed E-state index contributed by atoms with van der Waals surface area (Å²) in [6, 6.07) is 9.85. The smallest absolute Gasteiger partial charge is 0.154 e. The molecule has 0 aromatic heterocycles. The van der Waals surface area contributed by atoms with Crippen LogP contribution in [0.4, 0.5) is 0 Å². The topological polar surface area (TPSA) is 29.5 Å². The highest BCUT2D eigenvalue weighted by molar-refractivity contribution is 5.13. The zero-order valence-electron chi connectivity index (χ0n) is 8.93. The predicted octanol–water partition coefficient (Wildman–Crippen LogP) is 2.88. The molecular weight excluding hydrogens is 188 g/mol. The van der Waals surface area contributed by atoms with Crippen molar-refractivity contribution in [1.82, 2.24) is 0 Å². The third kappa shape index (κ3) is 5.35. The molecule has 0 radical (unpaired) electrons. The summed E-state index contributed by atoms with van der Waals surface area (Å²) in [5.74, 6) is 0. The average molecular weight is 206 g/mol.